The van der Waals surface area contributed by atoms with Crippen LogP contribution in [0.1, 0.15) is 29.8 Å². The average Bonchev–Trinajstić information content (AvgIpc) is 2.15. The largest absolute Gasteiger partial charge is 0.507 e. The second-order valence-corrected chi connectivity index (χ2v) is 3.36. The summed E-state index contributed by atoms with van der Waals surface area (Å²) in [7, 11) is 0. The normalized spacial score (nSPS) is 11.4. The van der Waals surface area contributed by atoms with Gasteiger partial charge in [0, 0.05) is 0 Å². The molecule has 1 aromatic carbocycles. The number of carbonyl (C=O) groups is 1. The predicted octanol–water partition coefficient (Wildman–Crippen LogP) is 3.01. The summed E-state index contributed by atoms with van der Waals surface area (Å²) in [6, 6.07) is 1.22. The zero-order valence-electron chi connectivity index (χ0n) is 9.26. The summed E-state index contributed by atoms with van der Waals surface area (Å²) in [4.78, 5) is 11.2. The van der Waals surface area contributed by atoms with Crippen LogP contribution in [0.2, 0.25) is 0 Å². The topological polar surface area (TPSA) is 46.5 Å². The zero-order valence-corrected chi connectivity index (χ0v) is 9.26. The molecule has 94 valence electrons. The standard InChI is InChI=1S/C11H11F3O3/c1-3-17-9-5-7(11(12,13)14)4-8(16)10(9)6(2)15/h4-5,16H,3H2,1-2H3. The summed E-state index contributed by atoms with van der Waals surface area (Å²) in [5.41, 5.74) is -1.29. The number of ketones is 1. The van der Waals surface area contributed by atoms with E-state index in [1.165, 1.54) is 0 Å². The van der Waals surface area contributed by atoms with Crippen molar-refractivity contribution in [3.8, 4) is 11.5 Å². The summed E-state index contributed by atoms with van der Waals surface area (Å²) in [5.74, 6) is -1.54. The maximum atomic E-state index is 12.5. The number of aromatic hydroxyl groups is 1. The van der Waals surface area contributed by atoms with Crippen molar-refractivity contribution in [2.45, 2.75) is 20.0 Å². The highest BCUT2D eigenvalue weighted by Gasteiger charge is 2.33. The third-order valence-corrected chi connectivity index (χ3v) is 2.06. The Bertz CT molecular complexity index is 438. The summed E-state index contributed by atoms with van der Waals surface area (Å²) < 4.78 is 42.3. The Balaban J connectivity index is 3.41. The predicted molar refractivity (Wildman–Crippen MR) is 54.3 cm³/mol. The minimum atomic E-state index is -4.60. The third-order valence-electron chi connectivity index (χ3n) is 2.06. The number of hydrogen-bond donors (Lipinski definition) is 1. The van der Waals surface area contributed by atoms with Gasteiger partial charge in [0.15, 0.2) is 5.78 Å². The molecule has 0 spiro atoms. The molecule has 0 aliphatic heterocycles. The monoisotopic (exact) mass is 248 g/mol. The van der Waals surface area contributed by atoms with Crippen molar-refractivity contribution in [1.29, 1.82) is 0 Å². The van der Waals surface area contributed by atoms with E-state index >= 15 is 0 Å². The molecule has 1 aromatic rings. The van der Waals surface area contributed by atoms with Crippen molar-refractivity contribution >= 4 is 5.78 Å². The second kappa shape index (κ2) is 4.65. The molecule has 0 radical (unpaired) electrons. The summed E-state index contributed by atoms with van der Waals surface area (Å²) >= 11 is 0. The third kappa shape index (κ3) is 2.89. The average molecular weight is 248 g/mol. The lowest BCUT2D eigenvalue weighted by atomic mass is 10.1. The van der Waals surface area contributed by atoms with E-state index in [-0.39, 0.29) is 17.9 Å². The van der Waals surface area contributed by atoms with E-state index in [1.54, 1.807) is 6.92 Å². The van der Waals surface area contributed by atoms with E-state index in [0.717, 1.165) is 6.92 Å². The fourth-order valence-electron chi connectivity index (χ4n) is 1.39. The Morgan fingerprint density at radius 1 is 1.41 bits per heavy atom. The molecule has 0 amide bonds. The molecule has 0 unspecified atom stereocenters. The zero-order chi connectivity index (χ0) is 13.2. The Morgan fingerprint density at radius 2 is 2.00 bits per heavy atom. The first-order valence-electron chi connectivity index (χ1n) is 4.85. The minimum Gasteiger partial charge on any atom is -0.507 e. The summed E-state index contributed by atoms with van der Waals surface area (Å²) in [5, 5.41) is 9.43. The van der Waals surface area contributed by atoms with Crippen molar-refractivity contribution in [3.05, 3.63) is 23.3 Å². The van der Waals surface area contributed by atoms with Crippen LogP contribution in [-0.2, 0) is 6.18 Å². The number of rotatable bonds is 3. The van der Waals surface area contributed by atoms with Gasteiger partial charge in [0.25, 0.3) is 0 Å². The maximum absolute atomic E-state index is 12.5. The molecule has 6 heteroatoms. The second-order valence-electron chi connectivity index (χ2n) is 3.36. The Kier molecular flexibility index (Phi) is 3.65. The van der Waals surface area contributed by atoms with Gasteiger partial charge in [0.2, 0.25) is 0 Å². The first-order valence-corrected chi connectivity index (χ1v) is 4.85. The van der Waals surface area contributed by atoms with E-state index in [9.17, 15) is 23.1 Å². The molecule has 3 nitrogen and oxygen atoms in total. The van der Waals surface area contributed by atoms with Gasteiger partial charge in [-0.3, -0.25) is 4.79 Å². The summed E-state index contributed by atoms with van der Waals surface area (Å²) in [6.07, 6.45) is -4.60. The molecule has 17 heavy (non-hydrogen) atoms. The molecule has 0 aromatic heterocycles. The van der Waals surface area contributed by atoms with Crippen molar-refractivity contribution in [1.82, 2.24) is 0 Å². The first kappa shape index (κ1) is 13.3. The van der Waals surface area contributed by atoms with E-state index < -0.39 is 23.3 Å². The smallest absolute Gasteiger partial charge is 0.416 e. The lowest BCUT2D eigenvalue weighted by Crippen LogP contribution is -2.08. The molecule has 0 bridgehead atoms. The number of phenols is 1. The van der Waals surface area contributed by atoms with Crippen LogP contribution in [0.15, 0.2) is 12.1 Å². The van der Waals surface area contributed by atoms with E-state index in [2.05, 4.69) is 0 Å². The molecule has 0 saturated carbocycles. The van der Waals surface area contributed by atoms with Crippen LogP contribution in [0.4, 0.5) is 13.2 Å². The molecule has 1 N–H and O–H groups in total. The molecule has 0 aliphatic carbocycles. The van der Waals surface area contributed by atoms with Crippen LogP contribution in [0.5, 0.6) is 11.5 Å². The molecule has 0 fully saturated rings. The quantitative estimate of drug-likeness (QED) is 0.836. The number of alkyl halides is 3. The van der Waals surface area contributed by atoms with Gasteiger partial charge in [-0.25, -0.2) is 0 Å². The fourth-order valence-corrected chi connectivity index (χ4v) is 1.39. The van der Waals surface area contributed by atoms with Gasteiger partial charge < -0.3 is 9.84 Å². The van der Waals surface area contributed by atoms with E-state index in [1.807, 2.05) is 0 Å². The van der Waals surface area contributed by atoms with Crippen LogP contribution < -0.4 is 4.74 Å². The Morgan fingerprint density at radius 3 is 2.41 bits per heavy atom. The van der Waals surface area contributed by atoms with Crippen molar-refractivity contribution in [3.63, 3.8) is 0 Å². The van der Waals surface area contributed by atoms with Gasteiger partial charge in [-0.2, -0.15) is 13.2 Å². The molecular formula is C11H11F3O3. The van der Waals surface area contributed by atoms with Crippen LogP contribution in [-0.4, -0.2) is 17.5 Å². The van der Waals surface area contributed by atoms with Crippen LogP contribution in [0.3, 0.4) is 0 Å². The molecule has 1 rings (SSSR count). The number of carbonyl (C=O) groups excluding carboxylic acids is 1. The number of phenolic OH excluding ortho intramolecular Hbond substituents is 1. The molecule has 0 atom stereocenters. The number of benzene rings is 1. The molecule has 0 heterocycles. The van der Waals surface area contributed by atoms with Crippen LogP contribution >= 0.6 is 0 Å². The fraction of sp³-hybridized carbons (Fsp3) is 0.364. The van der Waals surface area contributed by atoms with Crippen molar-refractivity contribution in [2.75, 3.05) is 6.61 Å². The van der Waals surface area contributed by atoms with Gasteiger partial charge in [0.05, 0.1) is 12.2 Å². The number of halogens is 3. The van der Waals surface area contributed by atoms with Gasteiger partial charge in [-0.15, -0.1) is 0 Å². The SMILES string of the molecule is CCOc1cc(C(F)(F)F)cc(O)c1C(C)=O. The number of ether oxygens (including phenoxy) is 1. The van der Waals surface area contributed by atoms with Crippen molar-refractivity contribution < 1.29 is 27.8 Å². The molecular weight excluding hydrogens is 237 g/mol. The lowest BCUT2D eigenvalue weighted by Gasteiger charge is -2.13. The number of Topliss-reactive ketones (excluding diaryl/α,β-unsaturated/α-hetero) is 1. The lowest BCUT2D eigenvalue weighted by molar-refractivity contribution is -0.137. The van der Waals surface area contributed by atoms with Gasteiger partial charge in [-0.1, -0.05) is 0 Å². The van der Waals surface area contributed by atoms with Crippen molar-refractivity contribution in [2.24, 2.45) is 0 Å². The van der Waals surface area contributed by atoms with Crippen LogP contribution in [0, 0.1) is 0 Å². The highest BCUT2D eigenvalue weighted by atomic mass is 19.4. The number of hydrogen-bond acceptors (Lipinski definition) is 3. The summed E-state index contributed by atoms with van der Waals surface area (Å²) in [6.45, 7) is 2.81. The van der Waals surface area contributed by atoms with Gasteiger partial charge in [0.1, 0.15) is 17.1 Å². The highest BCUT2D eigenvalue weighted by Crippen LogP contribution is 2.37. The maximum Gasteiger partial charge on any atom is 0.416 e. The molecule has 0 aliphatic rings. The van der Waals surface area contributed by atoms with Gasteiger partial charge >= 0.3 is 6.18 Å². The first-order chi connectivity index (χ1) is 7.77. The Labute approximate surface area is 95.8 Å². The van der Waals surface area contributed by atoms with E-state index in [4.69, 9.17) is 4.74 Å². The van der Waals surface area contributed by atoms with E-state index in [0.29, 0.717) is 12.1 Å². The highest BCUT2D eigenvalue weighted by molar-refractivity contribution is 5.99. The minimum absolute atomic E-state index is 0.0982. The van der Waals surface area contributed by atoms with Crippen LogP contribution in [0.25, 0.3) is 0 Å². The molecule has 0 saturated heterocycles. The van der Waals surface area contributed by atoms with Gasteiger partial charge in [-0.05, 0) is 26.0 Å². The Hall–Kier alpha value is -1.72.